The van der Waals surface area contributed by atoms with Crippen LogP contribution in [0.1, 0.15) is 25.3 Å². The second-order valence-corrected chi connectivity index (χ2v) is 5.28. The van der Waals surface area contributed by atoms with Gasteiger partial charge in [0.1, 0.15) is 12.4 Å². The number of halogens is 2. The van der Waals surface area contributed by atoms with Gasteiger partial charge in [-0.2, -0.15) is 0 Å². The number of benzene rings is 1. The summed E-state index contributed by atoms with van der Waals surface area (Å²) in [6.45, 7) is 6.00. The Morgan fingerprint density at radius 3 is 2.65 bits per heavy atom. The molecule has 0 bridgehead atoms. The fourth-order valence-corrected chi connectivity index (χ4v) is 1.96. The van der Waals surface area contributed by atoms with Gasteiger partial charge in [-0.05, 0) is 29.7 Å². The fourth-order valence-electron chi connectivity index (χ4n) is 1.47. The monoisotopic (exact) mass is 320 g/mol. The molecule has 0 aliphatic carbocycles. The second-order valence-electron chi connectivity index (χ2n) is 3.99. The van der Waals surface area contributed by atoms with Gasteiger partial charge >= 0.3 is 0 Å². The van der Waals surface area contributed by atoms with Crippen molar-refractivity contribution in [1.82, 2.24) is 0 Å². The molecule has 1 rings (SSSR count). The topological polar surface area (TPSA) is 18.5 Å². The van der Waals surface area contributed by atoms with E-state index in [9.17, 15) is 0 Å². The van der Waals surface area contributed by atoms with Crippen molar-refractivity contribution in [2.75, 3.05) is 25.7 Å². The molecule has 0 spiro atoms. The third-order valence-corrected chi connectivity index (χ3v) is 2.95. The summed E-state index contributed by atoms with van der Waals surface area (Å²) in [5, 5.41) is 0. The van der Waals surface area contributed by atoms with Crippen LogP contribution in [0.3, 0.4) is 0 Å². The molecule has 0 aromatic heterocycles. The summed E-state index contributed by atoms with van der Waals surface area (Å²) >= 11 is 8.98. The molecule has 1 aromatic rings. The van der Waals surface area contributed by atoms with Gasteiger partial charge in [-0.15, -0.1) is 11.6 Å². The van der Waals surface area contributed by atoms with Crippen molar-refractivity contribution in [2.45, 2.75) is 19.8 Å². The number of ether oxygens (including phenoxy) is 2. The van der Waals surface area contributed by atoms with Crippen molar-refractivity contribution in [3.8, 4) is 5.75 Å². The maximum Gasteiger partial charge on any atom is 0.122 e. The maximum absolute atomic E-state index is 5.71. The summed E-state index contributed by atoms with van der Waals surface area (Å²) in [5.74, 6) is 1.89. The molecule has 0 atom stereocenters. The maximum atomic E-state index is 5.71. The molecule has 0 unspecified atom stereocenters. The number of hydrogen-bond donors (Lipinski definition) is 0. The van der Waals surface area contributed by atoms with Crippen LogP contribution in [0.4, 0.5) is 0 Å². The molecule has 0 heterocycles. The smallest absolute Gasteiger partial charge is 0.122 e. The quantitative estimate of drug-likeness (QED) is 0.553. The first-order valence-electron chi connectivity index (χ1n) is 5.71. The Labute approximate surface area is 116 Å². The van der Waals surface area contributed by atoms with Crippen LogP contribution >= 0.6 is 27.5 Å². The van der Waals surface area contributed by atoms with Crippen LogP contribution in [-0.4, -0.2) is 25.7 Å². The van der Waals surface area contributed by atoms with E-state index in [4.69, 9.17) is 21.1 Å². The molecule has 0 aliphatic heterocycles. The largest absolute Gasteiger partial charge is 0.491 e. The van der Waals surface area contributed by atoms with Crippen molar-refractivity contribution >= 4 is 27.5 Å². The van der Waals surface area contributed by atoms with Crippen LogP contribution in [-0.2, 0) is 4.74 Å². The highest BCUT2D eigenvalue weighted by molar-refractivity contribution is 9.10. The highest BCUT2D eigenvalue weighted by atomic mass is 79.9. The van der Waals surface area contributed by atoms with Crippen molar-refractivity contribution in [1.29, 1.82) is 0 Å². The molecule has 2 nitrogen and oxygen atoms in total. The summed E-state index contributed by atoms with van der Waals surface area (Å²) in [6, 6.07) is 6.07. The lowest BCUT2D eigenvalue weighted by atomic mass is 10.0. The Morgan fingerprint density at radius 1 is 1.24 bits per heavy atom. The highest BCUT2D eigenvalue weighted by Gasteiger charge is 2.08. The van der Waals surface area contributed by atoms with Crippen LogP contribution in [0.2, 0.25) is 0 Å². The molecule has 96 valence electrons. The number of rotatable bonds is 7. The van der Waals surface area contributed by atoms with E-state index >= 15 is 0 Å². The summed E-state index contributed by atoms with van der Waals surface area (Å²) < 4.78 is 12.0. The summed E-state index contributed by atoms with van der Waals surface area (Å²) in [4.78, 5) is 0. The van der Waals surface area contributed by atoms with Crippen LogP contribution in [0, 0.1) is 0 Å². The normalized spacial score (nSPS) is 10.9. The van der Waals surface area contributed by atoms with E-state index in [1.807, 2.05) is 12.1 Å². The molecule has 0 saturated carbocycles. The minimum absolute atomic E-state index is 0.436. The molecule has 0 fully saturated rings. The third kappa shape index (κ3) is 5.28. The van der Waals surface area contributed by atoms with Crippen LogP contribution in [0.5, 0.6) is 5.75 Å². The summed E-state index contributed by atoms with van der Waals surface area (Å²) in [5.41, 5.74) is 1.21. The van der Waals surface area contributed by atoms with Gasteiger partial charge in [-0.3, -0.25) is 0 Å². The summed E-state index contributed by atoms with van der Waals surface area (Å²) in [7, 11) is 0. The van der Waals surface area contributed by atoms with E-state index in [0.29, 0.717) is 31.6 Å². The zero-order valence-corrected chi connectivity index (χ0v) is 12.6. The zero-order chi connectivity index (χ0) is 12.7. The van der Waals surface area contributed by atoms with Crippen molar-refractivity contribution in [3.05, 3.63) is 28.2 Å². The average Bonchev–Trinajstić information content (AvgIpc) is 2.30. The minimum Gasteiger partial charge on any atom is -0.491 e. The standard InChI is InChI=1S/C13H18BrClO2/c1-10(2)12-9-11(14)3-4-13(12)17-8-7-16-6-5-15/h3-4,9-10H,5-8H2,1-2H3. The van der Waals surface area contributed by atoms with E-state index in [0.717, 1.165) is 10.2 Å². The molecule has 0 saturated heterocycles. The van der Waals surface area contributed by atoms with E-state index in [1.54, 1.807) is 0 Å². The van der Waals surface area contributed by atoms with Gasteiger partial charge in [0.15, 0.2) is 0 Å². The van der Waals surface area contributed by atoms with Gasteiger partial charge in [0, 0.05) is 10.4 Å². The van der Waals surface area contributed by atoms with Gasteiger partial charge in [-0.25, -0.2) is 0 Å². The van der Waals surface area contributed by atoms with E-state index in [-0.39, 0.29) is 0 Å². The number of hydrogen-bond acceptors (Lipinski definition) is 2. The predicted molar refractivity (Wildman–Crippen MR) is 75.3 cm³/mol. The van der Waals surface area contributed by atoms with Gasteiger partial charge < -0.3 is 9.47 Å². The van der Waals surface area contributed by atoms with Gasteiger partial charge in [0.05, 0.1) is 13.2 Å². The first kappa shape index (κ1) is 14.8. The molecule has 1 aromatic carbocycles. The Bertz CT molecular complexity index is 342. The molecule has 4 heteroatoms. The van der Waals surface area contributed by atoms with Gasteiger partial charge in [-0.1, -0.05) is 29.8 Å². The van der Waals surface area contributed by atoms with Crippen molar-refractivity contribution in [2.24, 2.45) is 0 Å². The lowest BCUT2D eigenvalue weighted by Crippen LogP contribution is -2.09. The SMILES string of the molecule is CC(C)c1cc(Br)ccc1OCCOCCCl. The van der Waals surface area contributed by atoms with Crippen LogP contribution < -0.4 is 4.74 Å². The molecule has 0 amide bonds. The minimum atomic E-state index is 0.436. The second kappa shape index (κ2) is 7.96. The molecule has 0 radical (unpaired) electrons. The Hall–Kier alpha value is -0.250. The molecule has 17 heavy (non-hydrogen) atoms. The number of alkyl halides is 1. The molecule has 0 aliphatic rings. The summed E-state index contributed by atoms with van der Waals surface area (Å²) in [6.07, 6.45) is 0. The van der Waals surface area contributed by atoms with Gasteiger partial charge in [0.25, 0.3) is 0 Å². The third-order valence-electron chi connectivity index (χ3n) is 2.30. The van der Waals surface area contributed by atoms with E-state index < -0.39 is 0 Å². The Balaban J connectivity index is 2.52. The molecule has 0 N–H and O–H groups in total. The average molecular weight is 322 g/mol. The molecular formula is C13H18BrClO2. The first-order valence-corrected chi connectivity index (χ1v) is 7.04. The Morgan fingerprint density at radius 2 is 2.00 bits per heavy atom. The molecular weight excluding hydrogens is 303 g/mol. The lowest BCUT2D eigenvalue weighted by Gasteiger charge is -2.14. The van der Waals surface area contributed by atoms with Crippen molar-refractivity contribution in [3.63, 3.8) is 0 Å². The van der Waals surface area contributed by atoms with Crippen LogP contribution in [0.25, 0.3) is 0 Å². The van der Waals surface area contributed by atoms with Crippen molar-refractivity contribution < 1.29 is 9.47 Å². The zero-order valence-electron chi connectivity index (χ0n) is 10.2. The van der Waals surface area contributed by atoms with Crippen LogP contribution in [0.15, 0.2) is 22.7 Å². The first-order chi connectivity index (χ1) is 8.15. The fraction of sp³-hybridized carbons (Fsp3) is 0.538. The van der Waals surface area contributed by atoms with Gasteiger partial charge in [0.2, 0.25) is 0 Å². The van der Waals surface area contributed by atoms with E-state index in [1.165, 1.54) is 5.56 Å². The Kier molecular flexibility index (Phi) is 6.93. The highest BCUT2D eigenvalue weighted by Crippen LogP contribution is 2.29. The predicted octanol–water partition coefficient (Wildman–Crippen LogP) is 4.21. The van der Waals surface area contributed by atoms with E-state index in [2.05, 4.69) is 35.8 Å². The lowest BCUT2D eigenvalue weighted by molar-refractivity contribution is 0.111.